The molecular formula is C14H31N3O. The minimum Gasteiger partial charge on any atom is -0.342 e. The highest BCUT2D eigenvalue weighted by Gasteiger charge is 2.42. The molecule has 108 valence electrons. The lowest BCUT2D eigenvalue weighted by molar-refractivity contribution is -0.143. The predicted octanol–water partition coefficient (Wildman–Crippen LogP) is 1.55. The van der Waals surface area contributed by atoms with Crippen molar-refractivity contribution in [3.63, 3.8) is 0 Å². The first-order chi connectivity index (χ1) is 8.04. The maximum absolute atomic E-state index is 12.6. The van der Waals surface area contributed by atoms with Gasteiger partial charge in [-0.05, 0) is 61.7 Å². The van der Waals surface area contributed by atoms with Crippen LogP contribution in [0.2, 0.25) is 0 Å². The smallest absolute Gasteiger partial charge is 0.230 e. The first-order valence-electron chi connectivity index (χ1n) is 6.77. The van der Waals surface area contributed by atoms with Gasteiger partial charge in [0, 0.05) is 18.6 Å². The number of carbonyl (C=O) groups excluding carboxylic acids is 1. The Morgan fingerprint density at radius 1 is 1.11 bits per heavy atom. The van der Waals surface area contributed by atoms with Gasteiger partial charge in [-0.25, -0.2) is 0 Å². The summed E-state index contributed by atoms with van der Waals surface area (Å²) < 4.78 is 0. The topological polar surface area (TPSA) is 49.6 Å². The molecule has 0 heterocycles. The highest BCUT2D eigenvalue weighted by molar-refractivity contribution is 5.83. The lowest BCUT2D eigenvalue weighted by Gasteiger charge is -2.40. The molecule has 1 amide bonds. The minimum absolute atomic E-state index is 0.149. The van der Waals surface area contributed by atoms with Crippen molar-refractivity contribution in [3.8, 4) is 0 Å². The number of hydrogen-bond donors (Lipinski definition) is 1. The van der Waals surface area contributed by atoms with Crippen molar-refractivity contribution in [2.75, 3.05) is 33.7 Å². The highest BCUT2D eigenvalue weighted by Crippen LogP contribution is 2.30. The van der Waals surface area contributed by atoms with Crippen LogP contribution in [0.15, 0.2) is 0 Å². The first-order valence-corrected chi connectivity index (χ1v) is 6.77. The molecular weight excluding hydrogens is 226 g/mol. The Morgan fingerprint density at radius 2 is 1.61 bits per heavy atom. The molecule has 0 fully saturated rings. The number of carbonyl (C=O) groups is 1. The molecule has 18 heavy (non-hydrogen) atoms. The Labute approximate surface area is 113 Å². The van der Waals surface area contributed by atoms with Crippen LogP contribution in [0.1, 0.15) is 41.0 Å². The number of nitrogens with zero attached hydrogens (tertiary/aromatic N) is 2. The van der Waals surface area contributed by atoms with Gasteiger partial charge in [0.1, 0.15) is 0 Å². The van der Waals surface area contributed by atoms with E-state index in [0.29, 0.717) is 0 Å². The Kier molecular flexibility index (Phi) is 6.30. The van der Waals surface area contributed by atoms with Crippen molar-refractivity contribution in [2.24, 2.45) is 11.1 Å². The lowest BCUT2D eigenvalue weighted by Crippen LogP contribution is -2.56. The second-order valence-electron chi connectivity index (χ2n) is 6.39. The maximum Gasteiger partial charge on any atom is 0.230 e. The van der Waals surface area contributed by atoms with Crippen molar-refractivity contribution < 1.29 is 4.79 Å². The summed E-state index contributed by atoms with van der Waals surface area (Å²) in [6.07, 6.45) is 0.994. The summed E-state index contributed by atoms with van der Waals surface area (Å²) in [4.78, 5) is 16.6. The van der Waals surface area contributed by atoms with Crippen LogP contribution in [0.3, 0.4) is 0 Å². The Bertz CT molecular complexity index is 267. The fourth-order valence-electron chi connectivity index (χ4n) is 1.65. The third-order valence-electron chi connectivity index (χ3n) is 3.85. The molecule has 4 nitrogen and oxygen atoms in total. The van der Waals surface area contributed by atoms with E-state index in [1.54, 1.807) is 0 Å². The summed E-state index contributed by atoms with van der Waals surface area (Å²) in [5, 5.41) is 0. The second-order valence-corrected chi connectivity index (χ2v) is 6.39. The van der Waals surface area contributed by atoms with Crippen molar-refractivity contribution in [1.82, 2.24) is 9.80 Å². The maximum atomic E-state index is 12.6. The fourth-order valence-corrected chi connectivity index (χ4v) is 1.65. The van der Waals surface area contributed by atoms with Gasteiger partial charge in [-0.1, -0.05) is 0 Å². The quantitative estimate of drug-likeness (QED) is 0.753. The molecule has 0 saturated carbocycles. The van der Waals surface area contributed by atoms with E-state index in [4.69, 9.17) is 5.73 Å². The predicted molar refractivity (Wildman–Crippen MR) is 77.5 cm³/mol. The van der Waals surface area contributed by atoms with E-state index in [1.807, 2.05) is 53.6 Å². The van der Waals surface area contributed by atoms with Gasteiger partial charge in [-0.2, -0.15) is 0 Å². The monoisotopic (exact) mass is 257 g/mol. The normalized spacial score (nSPS) is 12.9. The van der Waals surface area contributed by atoms with Gasteiger partial charge < -0.3 is 15.5 Å². The lowest BCUT2D eigenvalue weighted by atomic mass is 9.74. The van der Waals surface area contributed by atoms with Gasteiger partial charge in [0.15, 0.2) is 0 Å². The zero-order valence-corrected chi connectivity index (χ0v) is 13.2. The van der Waals surface area contributed by atoms with E-state index in [-0.39, 0.29) is 5.91 Å². The molecule has 0 unspecified atom stereocenters. The zero-order chi connectivity index (χ0) is 14.6. The van der Waals surface area contributed by atoms with Gasteiger partial charge >= 0.3 is 0 Å². The van der Waals surface area contributed by atoms with Gasteiger partial charge in [0.25, 0.3) is 0 Å². The molecule has 0 aromatic carbocycles. The molecule has 0 aliphatic rings. The van der Waals surface area contributed by atoms with Gasteiger partial charge in [0.05, 0.1) is 5.41 Å². The Hall–Kier alpha value is -0.610. The largest absolute Gasteiger partial charge is 0.342 e. The number of amides is 1. The van der Waals surface area contributed by atoms with Crippen LogP contribution in [0.5, 0.6) is 0 Å². The molecule has 0 aromatic heterocycles. The summed E-state index contributed by atoms with van der Waals surface area (Å²) in [5.74, 6) is 0.149. The summed E-state index contributed by atoms with van der Waals surface area (Å²) in [6, 6.07) is 0. The van der Waals surface area contributed by atoms with Crippen LogP contribution in [-0.4, -0.2) is 55.0 Å². The van der Waals surface area contributed by atoms with Crippen molar-refractivity contribution in [2.45, 2.75) is 46.6 Å². The molecule has 2 N–H and O–H groups in total. The third-order valence-corrected chi connectivity index (χ3v) is 3.85. The molecule has 0 rings (SSSR count). The Morgan fingerprint density at radius 3 is 1.94 bits per heavy atom. The van der Waals surface area contributed by atoms with Gasteiger partial charge in [-0.15, -0.1) is 0 Å². The van der Waals surface area contributed by atoms with E-state index >= 15 is 0 Å². The van der Waals surface area contributed by atoms with Crippen LogP contribution >= 0.6 is 0 Å². The van der Waals surface area contributed by atoms with Crippen LogP contribution in [0.4, 0.5) is 0 Å². The van der Waals surface area contributed by atoms with Crippen LogP contribution in [0, 0.1) is 5.41 Å². The molecule has 0 saturated heterocycles. The average molecular weight is 257 g/mol. The molecule has 0 radical (unpaired) electrons. The standard InChI is InChI=1S/C14H31N3O/c1-8-17(11-9-10-16(6)7)12(18)13(2,3)14(4,5)15/h8-11,15H2,1-7H3. The molecule has 0 bridgehead atoms. The highest BCUT2D eigenvalue weighted by atomic mass is 16.2. The molecule has 0 atom stereocenters. The van der Waals surface area contributed by atoms with Crippen molar-refractivity contribution in [3.05, 3.63) is 0 Å². The van der Waals surface area contributed by atoms with Crippen LogP contribution in [-0.2, 0) is 4.79 Å². The Balaban J connectivity index is 4.62. The summed E-state index contributed by atoms with van der Waals surface area (Å²) in [5.41, 5.74) is 5.07. The van der Waals surface area contributed by atoms with Gasteiger partial charge in [0.2, 0.25) is 5.91 Å². The SMILES string of the molecule is CCN(CCCN(C)C)C(=O)C(C)(C)C(C)(C)N. The van der Waals surface area contributed by atoms with E-state index in [2.05, 4.69) is 4.90 Å². The van der Waals surface area contributed by atoms with Crippen molar-refractivity contribution >= 4 is 5.91 Å². The third kappa shape index (κ3) is 4.58. The van der Waals surface area contributed by atoms with E-state index in [1.165, 1.54) is 0 Å². The van der Waals surface area contributed by atoms with Gasteiger partial charge in [-0.3, -0.25) is 4.79 Å². The minimum atomic E-state index is -0.541. The number of rotatable bonds is 7. The second kappa shape index (κ2) is 6.53. The molecule has 4 heteroatoms. The molecule has 0 aliphatic heterocycles. The van der Waals surface area contributed by atoms with Crippen LogP contribution in [0.25, 0.3) is 0 Å². The average Bonchev–Trinajstić information content (AvgIpc) is 2.21. The van der Waals surface area contributed by atoms with E-state index in [0.717, 1.165) is 26.1 Å². The van der Waals surface area contributed by atoms with E-state index in [9.17, 15) is 4.79 Å². The first kappa shape index (κ1) is 17.4. The number of nitrogens with two attached hydrogens (primary N) is 1. The van der Waals surface area contributed by atoms with Crippen LogP contribution < -0.4 is 5.73 Å². The van der Waals surface area contributed by atoms with Crippen molar-refractivity contribution in [1.29, 1.82) is 0 Å². The number of hydrogen-bond acceptors (Lipinski definition) is 3. The molecule has 0 aliphatic carbocycles. The summed E-state index contributed by atoms with van der Waals surface area (Å²) in [7, 11) is 4.09. The summed E-state index contributed by atoms with van der Waals surface area (Å²) >= 11 is 0. The van der Waals surface area contributed by atoms with E-state index < -0.39 is 11.0 Å². The molecule has 0 aromatic rings. The zero-order valence-electron chi connectivity index (χ0n) is 13.2. The summed E-state index contributed by atoms with van der Waals surface area (Å²) in [6.45, 7) is 12.3. The molecule has 0 spiro atoms. The fraction of sp³-hybridized carbons (Fsp3) is 0.929.